The zero-order valence-corrected chi connectivity index (χ0v) is 14.0. The summed E-state index contributed by atoms with van der Waals surface area (Å²) in [5.41, 5.74) is 0.968. The predicted octanol–water partition coefficient (Wildman–Crippen LogP) is 2.89. The number of nitrogens with zero attached hydrogens (tertiary/aromatic N) is 3. The van der Waals surface area contributed by atoms with Gasteiger partial charge >= 0.3 is 0 Å². The van der Waals surface area contributed by atoms with Crippen molar-refractivity contribution in [2.24, 2.45) is 5.92 Å². The molecule has 5 nitrogen and oxygen atoms in total. The van der Waals surface area contributed by atoms with E-state index in [0.717, 1.165) is 6.42 Å². The Bertz CT molecular complexity index is 716. The van der Waals surface area contributed by atoms with E-state index in [2.05, 4.69) is 12.0 Å². The van der Waals surface area contributed by atoms with Crippen molar-refractivity contribution in [1.82, 2.24) is 14.7 Å². The molecule has 2 atom stereocenters. The second kappa shape index (κ2) is 7.13. The lowest BCUT2D eigenvalue weighted by molar-refractivity contribution is 0.0722. The van der Waals surface area contributed by atoms with Crippen molar-refractivity contribution in [1.29, 1.82) is 0 Å². The maximum absolute atomic E-state index is 14.2. The van der Waals surface area contributed by atoms with Crippen molar-refractivity contribution in [3.63, 3.8) is 0 Å². The molecule has 0 saturated carbocycles. The summed E-state index contributed by atoms with van der Waals surface area (Å²) < 4.78 is 20.9. The zero-order valence-electron chi connectivity index (χ0n) is 14.0. The largest absolute Gasteiger partial charge is 0.383 e. The van der Waals surface area contributed by atoms with E-state index in [4.69, 9.17) is 4.74 Å². The van der Waals surface area contributed by atoms with Gasteiger partial charge in [0.25, 0.3) is 5.91 Å². The molecule has 1 amide bonds. The van der Waals surface area contributed by atoms with E-state index in [1.54, 1.807) is 41.1 Å². The van der Waals surface area contributed by atoms with E-state index < -0.39 is 0 Å². The van der Waals surface area contributed by atoms with Crippen molar-refractivity contribution in [2.75, 3.05) is 20.3 Å². The number of rotatable bonds is 5. The molecule has 0 unspecified atom stereocenters. The monoisotopic (exact) mass is 331 g/mol. The normalized spacial score (nSPS) is 20.5. The Kier molecular flexibility index (Phi) is 4.94. The number of ether oxygens (including phenoxy) is 1. The highest BCUT2D eigenvalue weighted by molar-refractivity contribution is 5.92. The van der Waals surface area contributed by atoms with Crippen LogP contribution >= 0.6 is 0 Å². The van der Waals surface area contributed by atoms with Crippen LogP contribution < -0.4 is 0 Å². The van der Waals surface area contributed by atoms with Gasteiger partial charge in [-0.1, -0.05) is 25.1 Å². The Morgan fingerprint density at radius 3 is 2.92 bits per heavy atom. The zero-order chi connectivity index (χ0) is 17.1. The molecule has 1 aliphatic rings. The minimum absolute atomic E-state index is 0.149. The van der Waals surface area contributed by atoms with Gasteiger partial charge < -0.3 is 9.64 Å². The third kappa shape index (κ3) is 3.33. The summed E-state index contributed by atoms with van der Waals surface area (Å²) >= 11 is 0. The lowest BCUT2D eigenvalue weighted by Crippen LogP contribution is -2.32. The molecule has 1 aliphatic heterocycles. The topological polar surface area (TPSA) is 47.4 Å². The highest BCUT2D eigenvalue weighted by Crippen LogP contribution is 2.37. The summed E-state index contributed by atoms with van der Waals surface area (Å²) in [6.07, 6.45) is 2.53. The minimum Gasteiger partial charge on any atom is -0.383 e. The first-order valence-corrected chi connectivity index (χ1v) is 8.18. The van der Waals surface area contributed by atoms with Gasteiger partial charge in [0, 0.05) is 25.4 Å². The van der Waals surface area contributed by atoms with Crippen LogP contribution in [0.15, 0.2) is 36.5 Å². The van der Waals surface area contributed by atoms with Crippen LogP contribution in [0.1, 0.15) is 35.4 Å². The van der Waals surface area contributed by atoms with Crippen LogP contribution in [0.3, 0.4) is 0 Å². The first-order valence-electron chi connectivity index (χ1n) is 8.18. The molecule has 1 saturated heterocycles. The van der Waals surface area contributed by atoms with Gasteiger partial charge in [-0.05, 0) is 24.5 Å². The molecule has 24 heavy (non-hydrogen) atoms. The van der Waals surface area contributed by atoms with E-state index in [0.29, 0.717) is 36.9 Å². The van der Waals surface area contributed by atoms with Crippen LogP contribution in [0.5, 0.6) is 0 Å². The first-order chi connectivity index (χ1) is 11.6. The smallest absolute Gasteiger partial charge is 0.274 e. The molecule has 2 aromatic rings. The maximum Gasteiger partial charge on any atom is 0.274 e. The number of benzene rings is 1. The van der Waals surface area contributed by atoms with Crippen molar-refractivity contribution in [3.05, 3.63) is 53.6 Å². The summed E-state index contributed by atoms with van der Waals surface area (Å²) in [5.74, 6) is -0.0853. The maximum atomic E-state index is 14.2. The van der Waals surface area contributed by atoms with Crippen molar-refractivity contribution >= 4 is 5.91 Å². The second-order valence-electron chi connectivity index (χ2n) is 6.29. The Balaban J connectivity index is 1.82. The number of methoxy groups -OCH3 is 1. The minimum atomic E-state index is -0.264. The van der Waals surface area contributed by atoms with Crippen LogP contribution in [0.4, 0.5) is 4.39 Å². The summed E-state index contributed by atoms with van der Waals surface area (Å²) in [4.78, 5) is 14.6. The molecule has 3 rings (SSSR count). The molecule has 0 radical (unpaired) electrons. The predicted molar refractivity (Wildman–Crippen MR) is 88.1 cm³/mol. The Morgan fingerprint density at radius 2 is 2.17 bits per heavy atom. The number of halogens is 1. The molecule has 0 N–H and O–H groups in total. The standard InChI is InChI=1S/C18H22FN3O2/c1-13-11-17(14-5-3-4-6-15(14)19)22(12-13)18(23)16-7-8-21(20-16)9-10-24-2/h3-8,13,17H,9-12H2,1-2H3/t13-,17+/m1/s1. The van der Waals surface area contributed by atoms with Gasteiger partial charge in [-0.3, -0.25) is 9.48 Å². The van der Waals surface area contributed by atoms with Gasteiger partial charge in [-0.25, -0.2) is 4.39 Å². The third-order valence-electron chi connectivity index (χ3n) is 4.42. The SMILES string of the molecule is COCCn1ccc(C(=O)N2C[C@H](C)C[C@H]2c2ccccc2F)n1. The highest BCUT2D eigenvalue weighted by Gasteiger charge is 2.36. The van der Waals surface area contributed by atoms with Crippen molar-refractivity contribution in [3.8, 4) is 0 Å². The van der Waals surface area contributed by atoms with Crippen LogP contribution in [0.25, 0.3) is 0 Å². The summed E-state index contributed by atoms with van der Waals surface area (Å²) in [6, 6.07) is 8.15. The van der Waals surface area contributed by atoms with Gasteiger partial charge in [-0.15, -0.1) is 0 Å². The number of aromatic nitrogens is 2. The summed E-state index contributed by atoms with van der Waals surface area (Å²) in [7, 11) is 1.63. The van der Waals surface area contributed by atoms with E-state index in [1.807, 2.05) is 6.07 Å². The fourth-order valence-corrected chi connectivity index (χ4v) is 3.24. The van der Waals surface area contributed by atoms with Gasteiger partial charge in [0.2, 0.25) is 0 Å². The third-order valence-corrected chi connectivity index (χ3v) is 4.42. The van der Waals surface area contributed by atoms with Crippen LogP contribution in [-0.4, -0.2) is 40.8 Å². The van der Waals surface area contributed by atoms with E-state index in [-0.39, 0.29) is 17.8 Å². The highest BCUT2D eigenvalue weighted by atomic mass is 19.1. The van der Waals surface area contributed by atoms with Gasteiger partial charge in [0.1, 0.15) is 11.5 Å². The van der Waals surface area contributed by atoms with E-state index >= 15 is 0 Å². The second-order valence-corrected chi connectivity index (χ2v) is 6.29. The van der Waals surface area contributed by atoms with Crippen molar-refractivity contribution in [2.45, 2.75) is 25.9 Å². The number of amides is 1. The molecule has 6 heteroatoms. The van der Waals surface area contributed by atoms with Gasteiger partial charge in [0.05, 0.1) is 19.2 Å². The van der Waals surface area contributed by atoms with Crippen LogP contribution in [0.2, 0.25) is 0 Å². The fraction of sp³-hybridized carbons (Fsp3) is 0.444. The number of hydrogen-bond donors (Lipinski definition) is 0. The lowest BCUT2D eigenvalue weighted by atomic mass is 10.0. The molecule has 2 heterocycles. The molecule has 1 fully saturated rings. The van der Waals surface area contributed by atoms with Gasteiger partial charge in [-0.2, -0.15) is 5.10 Å². The first kappa shape index (κ1) is 16.6. The Hall–Kier alpha value is -2.21. The lowest BCUT2D eigenvalue weighted by Gasteiger charge is -2.24. The van der Waals surface area contributed by atoms with Crippen LogP contribution in [-0.2, 0) is 11.3 Å². The summed E-state index contributed by atoms with van der Waals surface area (Å²) in [6.45, 7) is 3.83. The Morgan fingerprint density at radius 1 is 1.38 bits per heavy atom. The molecule has 1 aromatic heterocycles. The molecule has 0 bridgehead atoms. The average molecular weight is 331 g/mol. The Labute approximate surface area is 141 Å². The summed E-state index contributed by atoms with van der Waals surface area (Å²) in [5, 5.41) is 4.32. The molecular formula is C18H22FN3O2. The van der Waals surface area contributed by atoms with Crippen LogP contribution in [0, 0.1) is 11.7 Å². The van der Waals surface area contributed by atoms with E-state index in [9.17, 15) is 9.18 Å². The molecule has 0 spiro atoms. The number of hydrogen-bond acceptors (Lipinski definition) is 3. The number of carbonyl (C=O) groups excluding carboxylic acids is 1. The average Bonchev–Trinajstić information content (AvgIpc) is 3.19. The molecule has 128 valence electrons. The van der Waals surface area contributed by atoms with Gasteiger partial charge in [0.15, 0.2) is 0 Å². The number of carbonyl (C=O) groups is 1. The van der Waals surface area contributed by atoms with Crippen molar-refractivity contribution < 1.29 is 13.9 Å². The molecule has 0 aliphatic carbocycles. The molecular weight excluding hydrogens is 309 g/mol. The quantitative estimate of drug-likeness (QED) is 0.846. The number of likely N-dealkylation sites (tertiary alicyclic amines) is 1. The molecule has 1 aromatic carbocycles. The van der Waals surface area contributed by atoms with E-state index in [1.165, 1.54) is 6.07 Å². The fourth-order valence-electron chi connectivity index (χ4n) is 3.24.